The van der Waals surface area contributed by atoms with Crippen molar-refractivity contribution in [1.29, 1.82) is 0 Å². The van der Waals surface area contributed by atoms with E-state index in [-0.39, 0.29) is 24.7 Å². The van der Waals surface area contributed by atoms with Crippen molar-refractivity contribution in [1.82, 2.24) is 0 Å². The molecule has 1 heterocycles. The zero-order chi connectivity index (χ0) is 26.9. The molecule has 0 bridgehead atoms. The highest BCUT2D eigenvalue weighted by atomic mass is 16.5. The Bertz CT molecular complexity index is 1370. The summed E-state index contributed by atoms with van der Waals surface area (Å²) >= 11 is 0. The van der Waals surface area contributed by atoms with Gasteiger partial charge in [0, 0.05) is 25.1 Å². The zero-order valence-electron chi connectivity index (χ0n) is 22.0. The Hall–Kier alpha value is -4.13. The van der Waals surface area contributed by atoms with Crippen LogP contribution in [0.4, 0.5) is 5.69 Å². The molecule has 7 nitrogen and oxygen atoms in total. The third-order valence-corrected chi connectivity index (χ3v) is 6.53. The smallest absolute Gasteiger partial charge is 0.308 e. The first-order valence-corrected chi connectivity index (χ1v) is 12.1. The second-order valence-corrected chi connectivity index (χ2v) is 9.73. The summed E-state index contributed by atoms with van der Waals surface area (Å²) in [6, 6.07) is 15.3. The lowest BCUT2D eigenvalue weighted by atomic mass is 9.86. The maximum Gasteiger partial charge on any atom is 0.308 e. The van der Waals surface area contributed by atoms with Gasteiger partial charge in [0.15, 0.2) is 5.78 Å². The maximum atomic E-state index is 13.2. The van der Waals surface area contributed by atoms with E-state index in [1.807, 2.05) is 69.3 Å². The number of hydrogen-bond acceptors (Lipinski definition) is 6. The van der Waals surface area contributed by atoms with Crippen LogP contribution in [0.2, 0.25) is 0 Å². The van der Waals surface area contributed by atoms with E-state index in [4.69, 9.17) is 14.2 Å². The van der Waals surface area contributed by atoms with Gasteiger partial charge in [-0.25, -0.2) is 0 Å². The van der Waals surface area contributed by atoms with Gasteiger partial charge in [-0.3, -0.25) is 14.4 Å². The van der Waals surface area contributed by atoms with Crippen LogP contribution in [0.5, 0.6) is 17.2 Å². The van der Waals surface area contributed by atoms with Crippen LogP contribution in [0.15, 0.2) is 48.5 Å². The van der Waals surface area contributed by atoms with Crippen LogP contribution in [0, 0.1) is 20.8 Å². The van der Waals surface area contributed by atoms with E-state index in [1.165, 1.54) is 13.8 Å². The topological polar surface area (TPSA) is 90.9 Å². The maximum absolute atomic E-state index is 13.2. The van der Waals surface area contributed by atoms with E-state index in [0.717, 1.165) is 27.9 Å². The van der Waals surface area contributed by atoms with Crippen LogP contribution < -0.4 is 19.5 Å². The van der Waals surface area contributed by atoms with E-state index in [2.05, 4.69) is 5.32 Å². The first kappa shape index (κ1) is 25.9. The second-order valence-electron chi connectivity index (χ2n) is 9.73. The van der Waals surface area contributed by atoms with E-state index >= 15 is 0 Å². The normalized spacial score (nSPS) is 16.4. The number of carbonyl (C=O) groups excluding carboxylic acids is 3. The average molecular weight is 502 g/mol. The van der Waals surface area contributed by atoms with Crippen molar-refractivity contribution in [2.45, 2.75) is 53.6 Å². The number of Topliss-reactive ketones (excluding diaryl/α,β-unsaturated/α-hetero) is 1. The zero-order valence-corrected chi connectivity index (χ0v) is 22.0. The van der Waals surface area contributed by atoms with Crippen molar-refractivity contribution in [2.75, 3.05) is 11.9 Å². The molecule has 1 atom stereocenters. The summed E-state index contributed by atoms with van der Waals surface area (Å²) in [5.41, 5.74) is 4.53. The molecule has 0 saturated heterocycles. The van der Waals surface area contributed by atoms with Crippen molar-refractivity contribution in [3.63, 3.8) is 0 Å². The largest absolute Gasteiger partial charge is 0.489 e. The number of rotatable bonds is 6. The summed E-state index contributed by atoms with van der Waals surface area (Å²) in [6.07, 6.45) is 0.140. The number of amides is 1. The Balaban J connectivity index is 1.48. The Morgan fingerprint density at radius 3 is 2.08 bits per heavy atom. The summed E-state index contributed by atoms with van der Waals surface area (Å²) in [7, 11) is 0. The fourth-order valence-electron chi connectivity index (χ4n) is 4.57. The standard InChI is InChI=1S/C30H31NO6/c1-17-18(2)29-27(19(3)28(17)36-21(5)33)26(34)15-30(6,37-29)16-35-25-13-9-23(10-14-25)22-7-11-24(12-8-22)31-20(4)32/h7-14H,15-16H2,1-6H3,(H,31,32). The van der Waals surface area contributed by atoms with Crippen molar-refractivity contribution in [3.8, 4) is 28.4 Å². The van der Waals surface area contributed by atoms with Gasteiger partial charge in [-0.05, 0) is 74.2 Å². The van der Waals surface area contributed by atoms with Crippen LogP contribution in [-0.2, 0) is 9.59 Å². The molecule has 3 aromatic carbocycles. The van der Waals surface area contributed by atoms with E-state index in [0.29, 0.717) is 28.4 Å². The van der Waals surface area contributed by atoms with Crippen molar-refractivity contribution in [2.24, 2.45) is 0 Å². The highest BCUT2D eigenvalue weighted by molar-refractivity contribution is 6.03. The lowest BCUT2D eigenvalue weighted by Gasteiger charge is -2.36. The third-order valence-electron chi connectivity index (χ3n) is 6.53. The van der Waals surface area contributed by atoms with Gasteiger partial charge >= 0.3 is 5.97 Å². The number of ketones is 1. The number of anilines is 1. The molecule has 1 N–H and O–H groups in total. The summed E-state index contributed by atoms with van der Waals surface area (Å²) in [5, 5.41) is 2.76. The predicted octanol–water partition coefficient (Wildman–Crippen LogP) is 5.97. The average Bonchev–Trinajstić information content (AvgIpc) is 2.84. The number of hydrogen-bond donors (Lipinski definition) is 1. The van der Waals surface area contributed by atoms with Crippen LogP contribution in [0.1, 0.15) is 54.2 Å². The molecule has 1 unspecified atom stereocenters. The Morgan fingerprint density at radius 2 is 1.51 bits per heavy atom. The minimum atomic E-state index is -0.852. The fraction of sp³-hybridized carbons (Fsp3) is 0.300. The van der Waals surface area contributed by atoms with Gasteiger partial charge in [0.25, 0.3) is 0 Å². The number of nitrogens with one attached hydrogen (secondary N) is 1. The van der Waals surface area contributed by atoms with Crippen LogP contribution in [0.25, 0.3) is 11.1 Å². The van der Waals surface area contributed by atoms with Gasteiger partial charge in [-0.2, -0.15) is 0 Å². The van der Waals surface area contributed by atoms with E-state index < -0.39 is 11.6 Å². The van der Waals surface area contributed by atoms with Gasteiger partial charge in [-0.15, -0.1) is 0 Å². The molecule has 0 saturated carbocycles. The molecule has 192 valence electrons. The first-order valence-electron chi connectivity index (χ1n) is 12.1. The quantitative estimate of drug-likeness (QED) is 0.331. The summed E-state index contributed by atoms with van der Waals surface area (Å²) in [4.78, 5) is 36.0. The molecule has 0 aliphatic carbocycles. The Kier molecular flexibility index (Phi) is 7.07. The molecule has 37 heavy (non-hydrogen) atoms. The monoisotopic (exact) mass is 501 g/mol. The van der Waals surface area contributed by atoms with Crippen LogP contribution >= 0.6 is 0 Å². The van der Waals surface area contributed by atoms with Crippen molar-refractivity contribution < 1.29 is 28.6 Å². The lowest BCUT2D eigenvalue weighted by molar-refractivity contribution is -0.132. The SMILES string of the molecule is CC(=O)Nc1ccc(-c2ccc(OCC3(C)CC(=O)c4c(C)c(OC(C)=O)c(C)c(C)c4O3)cc2)cc1. The Morgan fingerprint density at radius 1 is 0.919 bits per heavy atom. The summed E-state index contributed by atoms with van der Waals surface area (Å²) in [6.45, 7) is 10.4. The molecule has 7 heteroatoms. The van der Waals surface area contributed by atoms with Crippen LogP contribution in [-0.4, -0.2) is 29.9 Å². The van der Waals surface area contributed by atoms with Crippen molar-refractivity contribution >= 4 is 23.3 Å². The number of fused-ring (bicyclic) bond motifs is 1. The van der Waals surface area contributed by atoms with E-state index in [9.17, 15) is 14.4 Å². The molecule has 1 amide bonds. The molecular formula is C30H31NO6. The Labute approximate surface area is 216 Å². The van der Waals surface area contributed by atoms with Gasteiger partial charge in [-0.1, -0.05) is 24.3 Å². The number of benzene rings is 3. The van der Waals surface area contributed by atoms with Crippen LogP contribution in [0.3, 0.4) is 0 Å². The first-order chi connectivity index (χ1) is 17.5. The molecule has 0 spiro atoms. The minimum Gasteiger partial charge on any atom is -0.489 e. The summed E-state index contributed by atoms with van der Waals surface area (Å²) < 4.78 is 17.8. The molecule has 4 rings (SSSR count). The number of esters is 1. The molecule has 0 fully saturated rings. The third kappa shape index (κ3) is 5.50. The molecule has 0 radical (unpaired) electrons. The molecular weight excluding hydrogens is 470 g/mol. The minimum absolute atomic E-state index is 0.0700. The molecule has 3 aromatic rings. The second kappa shape index (κ2) is 10.1. The highest BCUT2D eigenvalue weighted by Gasteiger charge is 2.40. The predicted molar refractivity (Wildman–Crippen MR) is 142 cm³/mol. The molecule has 1 aliphatic rings. The van der Waals surface area contributed by atoms with Crippen molar-refractivity contribution in [3.05, 3.63) is 70.8 Å². The highest BCUT2D eigenvalue weighted by Crippen LogP contribution is 2.44. The summed E-state index contributed by atoms with van der Waals surface area (Å²) in [5.74, 6) is 0.996. The number of ether oxygens (including phenoxy) is 3. The van der Waals surface area contributed by atoms with Gasteiger partial charge in [0.1, 0.15) is 29.5 Å². The van der Waals surface area contributed by atoms with Gasteiger partial charge in [0.05, 0.1) is 12.0 Å². The number of carbonyl (C=O) groups is 3. The van der Waals surface area contributed by atoms with E-state index in [1.54, 1.807) is 6.92 Å². The molecule has 1 aliphatic heterocycles. The lowest BCUT2D eigenvalue weighted by Crippen LogP contribution is -2.45. The van der Waals surface area contributed by atoms with Gasteiger partial charge in [0.2, 0.25) is 5.91 Å². The molecule has 0 aromatic heterocycles. The fourth-order valence-corrected chi connectivity index (χ4v) is 4.57. The van der Waals surface area contributed by atoms with Gasteiger partial charge < -0.3 is 19.5 Å².